The lowest BCUT2D eigenvalue weighted by Gasteiger charge is -2.35. The van der Waals surface area contributed by atoms with Gasteiger partial charge in [0, 0.05) is 29.7 Å². The molecule has 190 valence electrons. The minimum Gasteiger partial charge on any atom is -0.496 e. The van der Waals surface area contributed by atoms with E-state index in [1.807, 2.05) is 41.1 Å². The van der Waals surface area contributed by atoms with Crippen LogP contribution in [0.25, 0.3) is 10.9 Å². The number of tetrazole rings is 1. The number of nitrogens with one attached hydrogen (secondary N) is 1. The molecule has 0 saturated carbocycles. The number of para-hydroxylation sites is 1. The fourth-order valence-corrected chi connectivity index (χ4v) is 4.75. The molecule has 1 N–H and O–H groups in total. The minimum atomic E-state index is -0.292. The largest absolute Gasteiger partial charge is 0.496 e. The van der Waals surface area contributed by atoms with Crippen LogP contribution in [0.3, 0.4) is 0 Å². The van der Waals surface area contributed by atoms with E-state index in [2.05, 4.69) is 79.1 Å². The van der Waals surface area contributed by atoms with Crippen LogP contribution in [0, 0.1) is 12.8 Å². The number of benzene rings is 2. The number of aromatic nitrogens is 5. The first-order chi connectivity index (χ1) is 17.1. The molecule has 2 aromatic heterocycles. The van der Waals surface area contributed by atoms with Crippen molar-refractivity contribution in [1.82, 2.24) is 30.1 Å². The monoisotopic (exact) mass is 488 g/mol. The lowest BCUT2D eigenvalue weighted by atomic mass is 9.98. The number of hydrogen-bond donors (Lipinski definition) is 1. The Morgan fingerprint density at radius 2 is 1.78 bits per heavy atom. The van der Waals surface area contributed by atoms with Crippen LogP contribution >= 0.6 is 0 Å². The fourth-order valence-electron chi connectivity index (χ4n) is 4.75. The molecule has 1 atom stereocenters. The molecule has 8 heteroatoms. The Labute approximate surface area is 212 Å². The van der Waals surface area contributed by atoms with Crippen molar-refractivity contribution in [2.24, 2.45) is 5.92 Å². The number of rotatable bonds is 8. The van der Waals surface area contributed by atoms with E-state index in [-0.39, 0.29) is 23.1 Å². The number of ether oxygens (including phenoxy) is 1. The molecule has 4 rings (SSSR count). The van der Waals surface area contributed by atoms with Crippen molar-refractivity contribution in [2.45, 2.75) is 66.2 Å². The molecule has 4 aromatic rings. The highest BCUT2D eigenvalue weighted by atomic mass is 16.5. The van der Waals surface area contributed by atoms with E-state index in [0.29, 0.717) is 18.7 Å². The predicted octanol–water partition coefficient (Wildman–Crippen LogP) is 4.99. The third-order valence-electron chi connectivity index (χ3n) is 6.43. The molecule has 0 aliphatic carbocycles. The fraction of sp³-hybridized carbons (Fsp3) is 0.429. The quantitative estimate of drug-likeness (QED) is 0.376. The van der Waals surface area contributed by atoms with Gasteiger partial charge >= 0.3 is 0 Å². The first-order valence-electron chi connectivity index (χ1n) is 12.4. The van der Waals surface area contributed by atoms with Crippen molar-refractivity contribution in [3.05, 3.63) is 81.4 Å². The minimum absolute atomic E-state index is 0.0886. The van der Waals surface area contributed by atoms with Crippen molar-refractivity contribution in [1.29, 1.82) is 0 Å². The van der Waals surface area contributed by atoms with Crippen LogP contribution in [0.15, 0.2) is 53.3 Å². The third-order valence-corrected chi connectivity index (χ3v) is 6.43. The lowest BCUT2D eigenvalue weighted by molar-refractivity contribution is 0.118. The van der Waals surface area contributed by atoms with E-state index in [9.17, 15) is 4.79 Å². The summed E-state index contributed by atoms with van der Waals surface area (Å²) in [5, 5.41) is 13.9. The summed E-state index contributed by atoms with van der Waals surface area (Å²) in [6.07, 6.45) is 0. The average Bonchev–Trinajstić information content (AvgIpc) is 3.30. The highest BCUT2D eigenvalue weighted by Crippen LogP contribution is 2.33. The predicted molar refractivity (Wildman–Crippen MR) is 142 cm³/mol. The van der Waals surface area contributed by atoms with Crippen LogP contribution < -0.4 is 10.3 Å². The molecule has 2 aromatic carbocycles. The van der Waals surface area contributed by atoms with Gasteiger partial charge in [-0.2, -0.15) is 0 Å². The molecular formula is C28H36N6O2. The van der Waals surface area contributed by atoms with Gasteiger partial charge in [0.2, 0.25) is 0 Å². The van der Waals surface area contributed by atoms with Gasteiger partial charge in [0.05, 0.1) is 18.7 Å². The second-order valence-electron chi connectivity index (χ2n) is 10.7. The number of pyridine rings is 1. The summed E-state index contributed by atoms with van der Waals surface area (Å²) in [4.78, 5) is 18.5. The molecule has 0 fully saturated rings. The van der Waals surface area contributed by atoms with Crippen LogP contribution in [0.2, 0.25) is 0 Å². The Hall–Kier alpha value is -3.52. The third kappa shape index (κ3) is 5.33. The Balaban J connectivity index is 1.84. The average molecular weight is 489 g/mol. The van der Waals surface area contributed by atoms with Gasteiger partial charge in [-0.25, -0.2) is 4.68 Å². The molecule has 0 amide bonds. The molecule has 0 aliphatic heterocycles. The second kappa shape index (κ2) is 10.2. The second-order valence-corrected chi connectivity index (χ2v) is 10.7. The van der Waals surface area contributed by atoms with Crippen LogP contribution in [0.5, 0.6) is 5.75 Å². The maximum Gasteiger partial charge on any atom is 0.252 e. The van der Waals surface area contributed by atoms with Crippen molar-refractivity contribution >= 4 is 10.9 Å². The van der Waals surface area contributed by atoms with Crippen LogP contribution in [-0.2, 0) is 18.6 Å². The Kier molecular flexibility index (Phi) is 7.26. The van der Waals surface area contributed by atoms with Crippen molar-refractivity contribution in [3.8, 4) is 5.75 Å². The number of methoxy groups -OCH3 is 1. The Morgan fingerprint density at radius 3 is 2.47 bits per heavy atom. The number of H-pyrrole nitrogens is 1. The summed E-state index contributed by atoms with van der Waals surface area (Å²) in [6, 6.07) is 15.9. The lowest BCUT2D eigenvalue weighted by Crippen LogP contribution is -2.37. The Morgan fingerprint density at radius 1 is 1.06 bits per heavy atom. The number of aromatic amines is 1. The van der Waals surface area contributed by atoms with E-state index in [0.717, 1.165) is 33.6 Å². The molecule has 8 nitrogen and oxygen atoms in total. The maximum absolute atomic E-state index is 13.2. The van der Waals surface area contributed by atoms with Gasteiger partial charge in [-0.15, -0.1) is 5.10 Å². The molecular weight excluding hydrogens is 452 g/mol. The van der Waals surface area contributed by atoms with E-state index in [4.69, 9.17) is 4.74 Å². The van der Waals surface area contributed by atoms with Gasteiger partial charge in [-0.1, -0.05) is 43.7 Å². The van der Waals surface area contributed by atoms with Crippen molar-refractivity contribution in [2.75, 3.05) is 7.11 Å². The molecule has 0 aliphatic rings. The van der Waals surface area contributed by atoms with Crippen LogP contribution in [-0.4, -0.2) is 37.2 Å². The SMILES string of the molecule is COc1ccccc1CN(Cc1cc2cc(C)ccc2[nH]c1=O)[C@H](c1nnnn1C(C)(C)C)C(C)C. The van der Waals surface area contributed by atoms with E-state index in [1.165, 1.54) is 0 Å². The molecule has 0 bridgehead atoms. The number of nitrogens with zero attached hydrogens (tertiary/aromatic N) is 5. The molecule has 0 saturated heterocycles. The summed E-state index contributed by atoms with van der Waals surface area (Å²) in [5.41, 5.74) is 3.34. The van der Waals surface area contributed by atoms with E-state index < -0.39 is 0 Å². The van der Waals surface area contributed by atoms with Crippen LogP contribution in [0.1, 0.15) is 63.2 Å². The standard InChI is InChI=1S/C28H36N6O2/c1-18(2)25(26-30-31-32-34(26)28(4,5)6)33(16-20-10-8-9-11-24(20)36-7)17-22-15-21-14-19(3)12-13-23(21)29-27(22)35/h8-15,18,25H,16-17H2,1-7H3,(H,29,35)/t25-/m0/s1. The number of fused-ring (bicyclic) bond motifs is 1. The summed E-state index contributed by atoms with van der Waals surface area (Å²) in [5.74, 6) is 1.76. The van der Waals surface area contributed by atoms with Crippen LogP contribution in [0.4, 0.5) is 0 Å². The summed E-state index contributed by atoms with van der Waals surface area (Å²) in [7, 11) is 1.68. The molecule has 0 radical (unpaired) electrons. The van der Waals surface area contributed by atoms with Gasteiger partial charge in [-0.05, 0) is 73.7 Å². The molecule has 0 spiro atoms. The number of aryl methyl sites for hydroxylation is 1. The highest BCUT2D eigenvalue weighted by Gasteiger charge is 2.33. The summed E-state index contributed by atoms with van der Waals surface area (Å²) >= 11 is 0. The molecule has 2 heterocycles. The molecule has 36 heavy (non-hydrogen) atoms. The first-order valence-corrected chi connectivity index (χ1v) is 12.4. The molecule has 0 unspecified atom stereocenters. The zero-order valence-corrected chi connectivity index (χ0v) is 22.2. The highest BCUT2D eigenvalue weighted by molar-refractivity contribution is 5.79. The summed E-state index contributed by atoms with van der Waals surface area (Å²) in [6.45, 7) is 13.6. The smallest absolute Gasteiger partial charge is 0.252 e. The number of hydrogen-bond acceptors (Lipinski definition) is 6. The van der Waals surface area contributed by atoms with Gasteiger partial charge in [0.15, 0.2) is 5.82 Å². The maximum atomic E-state index is 13.2. The summed E-state index contributed by atoms with van der Waals surface area (Å²) < 4.78 is 7.55. The van der Waals surface area contributed by atoms with Gasteiger partial charge in [0.25, 0.3) is 5.56 Å². The normalized spacial score (nSPS) is 13.0. The Bertz CT molecular complexity index is 1400. The first kappa shape index (κ1) is 25.6. The van der Waals surface area contributed by atoms with Gasteiger partial charge in [-0.3, -0.25) is 9.69 Å². The van der Waals surface area contributed by atoms with E-state index in [1.54, 1.807) is 7.11 Å². The van der Waals surface area contributed by atoms with Gasteiger partial charge in [0.1, 0.15) is 5.75 Å². The zero-order valence-electron chi connectivity index (χ0n) is 22.2. The van der Waals surface area contributed by atoms with E-state index >= 15 is 0 Å². The van der Waals surface area contributed by atoms with Crippen molar-refractivity contribution in [3.63, 3.8) is 0 Å². The van der Waals surface area contributed by atoms with Crippen molar-refractivity contribution < 1.29 is 4.74 Å². The zero-order chi connectivity index (χ0) is 26.0. The topological polar surface area (TPSA) is 88.9 Å². The van der Waals surface area contributed by atoms with Gasteiger partial charge < -0.3 is 9.72 Å².